The molecule has 1 aliphatic rings. The first-order valence-corrected chi connectivity index (χ1v) is 14.7. The Morgan fingerprint density at radius 3 is 2.33 bits per heavy atom. The molecule has 3 aromatic rings. The van der Waals surface area contributed by atoms with Gasteiger partial charge in [-0.3, -0.25) is 9.59 Å². The van der Waals surface area contributed by atoms with Gasteiger partial charge in [0.2, 0.25) is 16.8 Å². The summed E-state index contributed by atoms with van der Waals surface area (Å²) in [5, 5.41) is 12.1. The van der Waals surface area contributed by atoms with Crippen LogP contribution in [0.5, 0.6) is 17.2 Å². The molecule has 3 heterocycles. The molecule has 39 heavy (non-hydrogen) atoms. The van der Waals surface area contributed by atoms with Crippen LogP contribution in [0.4, 0.5) is 5.13 Å². The molecule has 0 spiro atoms. The molecule has 1 fully saturated rings. The van der Waals surface area contributed by atoms with Gasteiger partial charge in [0.05, 0.1) is 38.4 Å². The summed E-state index contributed by atoms with van der Waals surface area (Å²) in [7, 11) is 0. The Hall–Kier alpha value is -3.45. The number of benzene rings is 1. The highest BCUT2D eigenvalue weighted by molar-refractivity contribution is 8.01. The molecule has 1 N–H and O–H groups in total. The molecule has 4 rings (SSSR count). The fourth-order valence-electron chi connectivity index (χ4n) is 3.96. The largest absolute Gasteiger partial charge is 0.490 e. The minimum absolute atomic E-state index is 0.0892. The van der Waals surface area contributed by atoms with E-state index in [2.05, 4.69) is 20.4 Å². The highest BCUT2D eigenvalue weighted by Gasteiger charge is 2.26. The lowest BCUT2D eigenvalue weighted by atomic mass is 10.1. The van der Waals surface area contributed by atoms with Crippen LogP contribution >= 0.6 is 23.1 Å². The average Bonchev–Trinajstić information content (AvgIpc) is 3.65. The fourth-order valence-corrected chi connectivity index (χ4v) is 5.68. The van der Waals surface area contributed by atoms with Crippen molar-refractivity contribution in [1.82, 2.24) is 20.4 Å². The van der Waals surface area contributed by atoms with Crippen LogP contribution in [0.1, 0.15) is 36.9 Å². The summed E-state index contributed by atoms with van der Waals surface area (Å²) in [5.74, 6) is 2.27. The molecule has 2 amide bonds. The van der Waals surface area contributed by atoms with Gasteiger partial charge in [-0.15, -0.1) is 10.2 Å². The lowest BCUT2D eigenvalue weighted by Gasteiger charge is -2.34. The highest BCUT2D eigenvalue weighted by Crippen LogP contribution is 2.39. The Morgan fingerprint density at radius 2 is 1.72 bits per heavy atom. The monoisotopic (exact) mass is 575 g/mol. The van der Waals surface area contributed by atoms with Crippen molar-refractivity contribution in [3.63, 3.8) is 0 Å². The van der Waals surface area contributed by atoms with Gasteiger partial charge in [0.1, 0.15) is 5.76 Å². The fraction of sp³-hybridized carbons (Fsp3) is 0.462. The van der Waals surface area contributed by atoms with Crippen LogP contribution in [0.3, 0.4) is 0 Å². The number of nitrogens with one attached hydrogen (secondary N) is 1. The maximum Gasteiger partial charge on any atom is 0.254 e. The molecular formula is C26H33N5O6S2. The number of furan rings is 1. The van der Waals surface area contributed by atoms with Crippen molar-refractivity contribution < 1.29 is 28.2 Å². The molecule has 0 aliphatic carbocycles. The Morgan fingerprint density at radius 1 is 1.03 bits per heavy atom. The molecule has 0 atom stereocenters. The van der Waals surface area contributed by atoms with E-state index in [0.29, 0.717) is 81.1 Å². The lowest BCUT2D eigenvalue weighted by Crippen LogP contribution is -2.48. The predicted octanol–water partition coefficient (Wildman–Crippen LogP) is 3.70. The molecule has 210 valence electrons. The number of piperazine rings is 1. The Bertz CT molecular complexity index is 1200. The van der Waals surface area contributed by atoms with Gasteiger partial charge in [-0.1, -0.05) is 23.1 Å². The first-order valence-electron chi connectivity index (χ1n) is 12.9. The first kappa shape index (κ1) is 28.6. The van der Waals surface area contributed by atoms with E-state index in [-0.39, 0.29) is 17.6 Å². The summed E-state index contributed by atoms with van der Waals surface area (Å²) >= 11 is 2.79. The molecule has 1 saturated heterocycles. The number of anilines is 1. The minimum Gasteiger partial charge on any atom is -0.490 e. The first-order chi connectivity index (χ1) is 19.0. The molecule has 0 bridgehead atoms. The van der Waals surface area contributed by atoms with Crippen molar-refractivity contribution >= 4 is 40.0 Å². The van der Waals surface area contributed by atoms with Crippen molar-refractivity contribution in [3.05, 3.63) is 41.9 Å². The number of thioether (sulfide) groups is 1. The summed E-state index contributed by atoms with van der Waals surface area (Å²) in [4.78, 5) is 29.4. The van der Waals surface area contributed by atoms with Crippen LogP contribution in [0, 0.1) is 0 Å². The number of hydrogen-bond acceptors (Lipinski definition) is 11. The maximum atomic E-state index is 13.4. The lowest BCUT2D eigenvalue weighted by molar-refractivity contribution is -0.118. The topological polar surface area (TPSA) is 119 Å². The van der Waals surface area contributed by atoms with Gasteiger partial charge in [-0.05, 0) is 45.0 Å². The second-order valence-electron chi connectivity index (χ2n) is 8.38. The van der Waals surface area contributed by atoms with Gasteiger partial charge in [-0.2, -0.15) is 0 Å². The number of amides is 2. The number of nitrogens with zero attached hydrogens (tertiary/aromatic N) is 4. The van der Waals surface area contributed by atoms with E-state index in [1.165, 1.54) is 23.1 Å². The molecule has 1 aromatic carbocycles. The third kappa shape index (κ3) is 7.57. The smallest absolute Gasteiger partial charge is 0.254 e. The standard InChI is InChI=1S/C26H33N5O6S2/c1-4-34-20-14-18(15-21(35-5-2)23(20)36-6-3)24(33)30-9-11-31(12-10-30)25-28-29-26(39-25)38-17-22(32)27-16-19-8-7-13-37-19/h7-8,13-15H,4-6,9-12,16-17H2,1-3H3,(H,27,32). The highest BCUT2D eigenvalue weighted by atomic mass is 32.2. The maximum absolute atomic E-state index is 13.4. The van der Waals surface area contributed by atoms with Crippen molar-refractivity contribution in [1.29, 1.82) is 0 Å². The zero-order valence-electron chi connectivity index (χ0n) is 22.3. The number of ether oxygens (including phenoxy) is 3. The zero-order chi connectivity index (χ0) is 27.6. The zero-order valence-corrected chi connectivity index (χ0v) is 23.9. The second-order valence-corrected chi connectivity index (χ2v) is 10.6. The van der Waals surface area contributed by atoms with Crippen LogP contribution in [-0.2, 0) is 11.3 Å². The number of carbonyl (C=O) groups excluding carboxylic acids is 2. The minimum atomic E-state index is -0.102. The quantitative estimate of drug-likeness (QED) is 0.302. The summed E-state index contributed by atoms with van der Waals surface area (Å²) < 4.78 is 23.2. The molecule has 13 heteroatoms. The molecule has 1 aliphatic heterocycles. The number of aromatic nitrogens is 2. The van der Waals surface area contributed by atoms with Gasteiger partial charge in [0, 0.05) is 31.7 Å². The van der Waals surface area contributed by atoms with Gasteiger partial charge >= 0.3 is 0 Å². The van der Waals surface area contributed by atoms with Gasteiger partial charge in [0.25, 0.3) is 5.91 Å². The van der Waals surface area contributed by atoms with Crippen LogP contribution in [0.25, 0.3) is 0 Å². The van der Waals surface area contributed by atoms with E-state index in [9.17, 15) is 9.59 Å². The van der Waals surface area contributed by atoms with E-state index in [1.54, 1.807) is 24.5 Å². The average molecular weight is 576 g/mol. The third-order valence-corrected chi connectivity index (χ3v) is 7.87. The van der Waals surface area contributed by atoms with E-state index in [1.807, 2.05) is 31.7 Å². The Kier molecular flexibility index (Phi) is 10.3. The predicted molar refractivity (Wildman–Crippen MR) is 149 cm³/mol. The summed E-state index contributed by atoms with van der Waals surface area (Å²) in [6.45, 7) is 9.70. The number of carbonyl (C=O) groups is 2. The SMILES string of the molecule is CCOc1cc(C(=O)N2CCN(c3nnc(SCC(=O)NCc4ccco4)s3)CC2)cc(OCC)c1OCC. The van der Waals surface area contributed by atoms with Crippen molar-refractivity contribution in [3.8, 4) is 17.2 Å². The normalized spacial score (nSPS) is 13.3. The number of hydrogen-bond donors (Lipinski definition) is 1. The molecule has 11 nitrogen and oxygen atoms in total. The van der Waals surface area contributed by atoms with Crippen molar-refractivity contribution in [2.24, 2.45) is 0 Å². The van der Waals surface area contributed by atoms with Crippen LogP contribution in [-0.4, -0.2) is 78.7 Å². The Labute approximate surface area is 235 Å². The van der Waals surface area contributed by atoms with Gasteiger partial charge in [0.15, 0.2) is 15.8 Å². The molecule has 2 aromatic heterocycles. The van der Waals surface area contributed by atoms with Crippen LogP contribution < -0.4 is 24.4 Å². The second kappa shape index (κ2) is 14.1. The van der Waals surface area contributed by atoms with E-state index < -0.39 is 0 Å². The van der Waals surface area contributed by atoms with E-state index in [0.717, 1.165) is 9.47 Å². The van der Waals surface area contributed by atoms with Gasteiger partial charge < -0.3 is 33.7 Å². The summed E-state index contributed by atoms with van der Waals surface area (Å²) in [5.41, 5.74) is 0.499. The van der Waals surface area contributed by atoms with Crippen LogP contribution in [0.15, 0.2) is 39.3 Å². The number of rotatable bonds is 13. The molecule has 0 saturated carbocycles. The molecule has 0 unspecified atom stereocenters. The van der Waals surface area contributed by atoms with E-state index in [4.69, 9.17) is 18.6 Å². The summed E-state index contributed by atoms with van der Waals surface area (Å²) in [6, 6.07) is 7.05. The van der Waals surface area contributed by atoms with Gasteiger partial charge in [-0.25, -0.2) is 0 Å². The van der Waals surface area contributed by atoms with Crippen molar-refractivity contribution in [2.75, 3.05) is 56.7 Å². The molecule has 0 radical (unpaired) electrons. The Balaban J connectivity index is 1.31. The van der Waals surface area contributed by atoms with Crippen LogP contribution in [0.2, 0.25) is 0 Å². The van der Waals surface area contributed by atoms with E-state index >= 15 is 0 Å². The summed E-state index contributed by atoms with van der Waals surface area (Å²) in [6.07, 6.45) is 1.57. The third-order valence-electron chi connectivity index (χ3n) is 5.76. The van der Waals surface area contributed by atoms with Crippen molar-refractivity contribution in [2.45, 2.75) is 31.7 Å². The molecular weight excluding hydrogens is 542 g/mol.